The van der Waals surface area contributed by atoms with Crippen LogP contribution >= 0.6 is 11.8 Å². The SMILES string of the molecule is CC(=O)SC1CC(=O)N(c2cccc3c2C(=O)NC3=O)C1. The first-order valence-electron chi connectivity index (χ1n) is 6.43. The van der Waals surface area contributed by atoms with Crippen LogP contribution in [0.4, 0.5) is 5.69 Å². The summed E-state index contributed by atoms with van der Waals surface area (Å²) >= 11 is 1.13. The molecular formula is C14H12N2O4S. The first-order valence-corrected chi connectivity index (χ1v) is 7.31. The molecular weight excluding hydrogens is 292 g/mol. The zero-order valence-corrected chi connectivity index (χ0v) is 12.0. The molecule has 7 heteroatoms. The molecule has 0 radical (unpaired) electrons. The van der Waals surface area contributed by atoms with E-state index in [2.05, 4.69) is 5.32 Å². The minimum atomic E-state index is -0.485. The first kappa shape index (κ1) is 13.8. The third kappa shape index (κ3) is 2.33. The van der Waals surface area contributed by atoms with Crippen molar-refractivity contribution >= 4 is 40.3 Å². The number of fused-ring (bicyclic) bond motifs is 1. The summed E-state index contributed by atoms with van der Waals surface area (Å²) in [4.78, 5) is 48.3. The van der Waals surface area contributed by atoms with Crippen LogP contribution in [0.15, 0.2) is 18.2 Å². The van der Waals surface area contributed by atoms with Crippen LogP contribution in [0.25, 0.3) is 0 Å². The van der Waals surface area contributed by atoms with Gasteiger partial charge in [0.15, 0.2) is 5.12 Å². The summed E-state index contributed by atoms with van der Waals surface area (Å²) in [6, 6.07) is 4.85. The average molecular weight is 304 g/mol. The topological polar surface area (TPSA) is 83.6 Å². The Bertz CT molecular complexity index is 686. The molecule has 0 aromatic heterocycles. The second kappa shape index (κ2) is 5.00. The monoisotopic (exact) mass is 304 g/mol. The zero-order valence-electron chi connectivity index (χ0n) is 11.2. The number of carbonyl (C=O) groups is 4. The lowest BCUT2D eigenvalue weighted by Crippen LogP contribution is -2.27. The molecule has 21 heavy (non-hydrogen) atoms. The highest BCUT2D eigenvalue weighted by Crippen LogP contribution is 2.33. The number of nitrogens with zero attached hydrogens (tertiary/aromatic N) is 1. The average Bonchev–Trinajstić information content (AvgIpc) is 2.90. The van der Waals surface area contributed by atoms with Gasteiger partial charge in [-0.1, -0.05) is 17.8 Å². The van der Waals surface area contributed by atoms with Gasteiger partial charge in [0.25, 0.3) is 11.8 Å². The Morgan fingerprint density at radius 1 is 1.29 bits per heavy atom. The van der Waals surface area contributed by atoms with E-state index in [0.29, 0.717) is 12.2 Å². The van der Waals surface area contributed by atoms with Gasteiger partial charge in [0, 0.05) is 25.1 Å². The fourth-order valence-electron chi connectivity index (χ4n) is 2.65. The number of amides is 3. The number of imide groups is 1. The Morgan fingerprint density at radius 2 is 2.05 bits per heavy atom. The molecule has 0 bridgehead atoms. The molecule has 0 aliphatic carbocycles. The molecule has 1 aromatic carbocycles. The van der Waals surface area contributed by atoms with Crippen LogP contribution in [0, 0.1) is 0 Å². The van der Waals surface area contributed by atoms with Crippen molar-refractivity contribution in [3.63, 3.8) is 0 Å². The number of nitrogens with one attached hydrogen (secondary N) is 1. The van der Waals surface area contributed by atoms with E-state index in [9.17, 15) is 19.2 Å². The van der Waals surface area contributed by atoms with Crippen LogP contribution in [0.2, 0.25) is 0 Å². The Hall–Kier alpha value is -2.15. The Kier molecular flexibility index (Phi) is 3.29. The second-order valence-corrected chi connectivity index (χ2v) is 6.40. The smallest absolute Gasteiger partial charge is 0.261 e. The molecule has 3 rings (SSSR count). The highest BCUT2D eigenvalue weighted by molar-refractivity contribution is 8.14. The van der Waals surface area contributed by atoms with Crippen molar-refractivity contribution in [1.82, 2.24) is 5.32 Å². The molecule has 1 atom stereocenters. The zero-order chi connectivity index (χ0) is 15.1. The number of anilines is 1. The predicted octanol–water partition coefficient (Wildman–Crippen LogP) is 0.955. The maximum Gasteiger partial charge on any atom is 0.261 e. The standard InChI is InChI=1S/C14H12N2O4S/c1-7(17)21-8-5-11(18)16(6-8)10-4-2-3-9-12(10)14(20)15-13(9)19/h2-4,8H,5-6H2,1H3,(H,15,19,20). The minimum Gasteiger partial charge on any atom is -0.310 e. The van der Waals surface area contributed by atoms with E-state index in [1.54, 1.807) is 18.2 Å². The van der Waals surface area contributed by atoms with Gasteiger partial charge in [-0.05, 0) is 12.1 Å². The van der Waals surface area contributed by atoms with E-state index in [0.717, 1.165) is 11.8 Å². The van der Waals surface area contributed by atoms with Crippen LogP contribution in [0.5, 0.6) is 0 Å². The number of hydrogen-bond donors (Lipinski definition) is 1. The molecule has 6 nitrogen and oxygen atoms in total. The van der Waals surface area contributed by atoms with Crippen LogP contribution in [-0.2, 0) is 9.59 Å². The van der Waals surface area contributed by atoms with Gasteiger partial charge in [-0.2, -0.15) is 0 Å². The largest absolute Gasteiger partial charge is 0.310 e. The molecule has 0 saturated carbocycles. The van der Waals surface area contributed by atoms with Crippen LogP contribution in [-0.4, -0.2) is 34.6 Å². The maximum absolute atomic E-state index is 12.1. The third-order valence-electron chi connectivity index (χ3n) is 3.45. The van der Waals surface area contributed by atoms with E-state index >= 15 is 0 Å². The van der Waals surface area contributed by atoms with Crippen molar-refractivity contribution in [2.45, 2.75) is 18.6 Å². The maximum atomic E-state index is 12.1. The highest BCUT2D eigenvalue weighted by atomic mass is 32.2. The van der Waals surface area contributed by atoms with Crippen molar-refractivity contribution in [2.24, 2.45) is 0 Å². The van der Waals surface area contributed by atoms with Crippen molar-refractivity contribution in [1.29, 1.82) is 0 Å². The fraction of sp³-hybridized carbons (Fsp3) is 0.286. The van der Waals surface area contributed by atoms with Crippen LogP contribution in [0.3, 0.4) is 0 Å². The van der Waals surface area contributed by atoms with E-state index in [1.807, 2.05) is 0 Å². The lowest BCUT2D eigenvalue weighted by atomic mass is 10.1. The lowest BCUT2D eigenvalue weighted by Gasteiger charge is -2.18. The lowest BCUT2D eigenvalue weighted by molar-refractivity contribution is -0.117. The van der Waals surface area contributed by atoms with E-state index in [4.69, 9.17) is 0 Å². The van der Waals surface area contributed by atoms with E-state index in [1.165, 1.54) is 11.8 Å². The van der Waals surface area contributed by atoms with Crippen LogP contribution in [0.1, 0.15) is 34.1 Å². The second-order valence-electron chi connectivity index (χ2n) is 4.92. The third-order valence-corrected chi connectivity index (χ3v) is 4.44. The number of rotatable bonds is 2. The Morgan fingerprint density at radius 3 is 2.76 bits per heavy atom. The first-order chi connectivity index (χ1) is 9.97. The highest BCUT2D eigenvalue weighted by Gasteiger charge is 2.37. The molecule has 1 unspecified atom stereocenters. The molecule has 108 valence electrons. The van der Waals surface area contributed by atoms with Gasteiger partial charge in [-0.3, -0.25) is 24.5 Å². The molecule has 1 aromatic rings. The van der Waals surface area contributed by atoms with E-state index in [-0.39, 0.29) is 33.8 Å². The van der Waals surface area contributed by atoms with Crippen molar-refractivity contribution < 1.29 is 19.2 Å². The summed E-state index contributed by atoms with van der Waals surface area (Å²) in [5.74, 6) is -1.08. The van der Waals surface area contributed by atoms with Crippen molar-refractivity contribution in [3.8, 4) is 0 Å². The molecule has 3 amide bonds. The van der Waals surface area contributed by atoms with Gasteiger partial charge in [-0.25, -0.2) is 0 Å². The van der Waals surface area contributed by atoms with E-state index < -0.39 is 11.8 Å². The summed E-state index contributed by atoms with van der Waals surface area (Å²) in [5, 5.41) is 2.07. The summed E-state index contributed by atoms with van der Waals surface area (Å²) in [5.41, 5.74) is 0.963. The summed E-state index contributed by atoms with van der Waals surface area (Å²) in [6.07, 6.45) is 0.253. The summed E-state index contributed by atoms with van der Waals surface area (Å²) in [6.45, 7) is 1.82. The molecule has 2 heterocycles. The van der Waals surface area contributed by atoms with Gasteiger partial charge >= 0.3 is 0 Å². The normalized spacial score (nSPS) is 20.7. The molecule has 1 N–H and O–H groups in total. The summed E-state index contributed by atoms with van der Waals surface area (Å²) in [7, 11) is 0. The Labute approximate surface area is 124 Å². The molecule has 2 aliphatic heterocycles. The van der Waals surface area contributed by atoms with Gasteiger partial charge < -0.3 is 4.90 Å². The Balaban J connectivity index is 1.96. The predicted molar refractivity (Wildman–Crippen MR) is 77.3 cm³/mol. The quantitative estimate of drug-likeness (QED) is 0.823. The molecule has 1 saturated heterocycles. The number of thioether (sulfide) groups is 1. The van der Waals surface area contributed by atoms with Crippen molar-refractivity contribution in [3.05, 3.63) is 29.3 Å². The van der Waals surface area contributed by atoms with Gasteiger partial charge in [0.05, 0.1) is 16.8 Å². The van der Waals surface area contributed by atoms with Crippen molar-refractivity contribution in [2.75, 3.05) is 11.4 Å². The van der Waals surface area contributed by atoms with Gasteiger partial charge in [-0.15, -0.1) is 0 Å². The van der Waals surface area contributed by atoms with Gasteiger partial charge in [0.2, 0.25) is 5.91 Å². The molecule has 1 fully saturated rings. The molecule has 0 spiro atoms. The van der Waals surface area contributed by atoms with Gasteiger partial charge in [0.1, 0.15) is 0 Å². The molecule has 2 aliphatic rings. The van der Waals surface area contributed by atoms with Crippen LogP contribution < -0.4 is 10.2 Å². The minimum absolute atomic E-state index is 0.0409. The number of hydrogen-bond acceptors (Lipinski definition) is 5. The number of carbonyl (C=O) groups excluding carboxylic acids is 4. The number of benzene rings is 1. The summed E-state index contributed by atoms with van der Waals surface area (Å²) < 4.78 is 0. The fourth-order valence-corrected chi connectivity index (χ4v) is 3.57.